The zero-order chi connectivity index (χ0) is 25.9. The highest BCUT2D eigenvalue weighted by atomic mass is 32.2. The molecule has 0 bridgehead atoms. The van der Waals surface area contributed by atoms with Crippen LogP contribution in [0.3, 0.4) is 0 Å². The minimum absolute atomic E-state index is 0.241. The van der Waals surface area contributed by atoms with Crippen LogP contribution in [-0.4, -0.2) is 36.7 Å². The number of rotatable bonds is 8. The third-order valence-electron chi connectivity index (χ3n) is 7.23. The number of nitrogens with zero attached hydrogens (tertiary/aromatic N) is 3. The largest absolute Gasteiger partial charge is 0.492 e. The second kappa shape index (κ2) is 10.9. The van der Waals surface area contributed by atoms with Gasteiger partial charge in [0.15, 0.2) is 5.16 Å². The Morgan fingerprint density at radius 2 is 1.74 bits per heavy atom. The molecule has 0 aliphatic carbocycles. The van der Waals surface area contributed by atoms with Crippen molar-refractivity contribution >= 4 is 21.8 Å². The average molecular weight is 523 g/mol. The summed E-state index contributed by atoms with van der Waals surface area (Å²) in [7, 11) is -1.34. The number of benzene rings is 3. The number of nitrogens with one attached hydrogen (secondary N) is 1. The van der Waals surface area contributed by atoms with E-state index in [1.54, 1.807) is 6.20 Å². The van der Waals surface area contributed by atoms with Gasteiger partial charge < -0.3 is 9.72 Å². The lowest BCUT2D eigenvalue weighted by Gasteiger charge is -2.37. The van der Waals surface area contributed by atoms with Crippen LogP contribution in [0, 0.1) is 6.92 Å². The van der Waals surface area contributed by atoms with Gasteiger partial charge in [-0.2, -0.15) is 0 Å². The Kier molecular flexibility index (Phi) is 7.03. The van der Waals surface area contributed by atoms with Crippen molar-refractivity contribution in [3.8, 4) is 5.75 Å². The SMILES string of the molecule is Cc1c(OCC2Cc3ccccc3CN2Cc2ccccc2)ccnc1CS(=O)c1nc2ccccc2[nH]1. The number of aromatic nitrogens is 3. The van der Waals surface area contributed by atoms with E-state index < -0.39 is 10.8 Å². The minimum Gasteiger partial charge on any atom is -0.492 e. The van der Waals surface area contributed by atoms with Crippen molar-refractivity contribution in [2.45, 2.75) is 43.4 Å². The summed E-state index contributed by atoms with van der Waals surface area (Å²) < 4.78 is 19.5. The number of H-pyrrole nitrogens is 1. The Morgan fingerprint density at radius 1 is 0.974 bits per heavy atom. The van der Waals surface area contributed by atoms with Gasteiger partial charge in [0.1, 0.15) is 12.4 Å². The number of aromatic amines is 1. The first kappa shape index (κ1) is 24.5. The molecule has 1 aliphatic heterocycles. The fraction of sp³-hybridized carbons (Fsp3) is 0.226. The normalized spacial score (nSPS) is 16.3. The molecular formula is C31H30N4O2S. The molecule has 3 aromatic carbocycles. The third-order valence-corrected chi connectivity index (χ3v) is 8.39. The van der Waals surface area contributed by atoms with Crippen molar-refractivity contribution < 1.29 is 8.95 Å². The van der Waals surface area contributed by atoms with E-state index in [-0.39, 0.29) is 11.8 Å². The summed E-state index contributed by atoms with van der Waals surface area (Å²) in [5.41, 5.74) is 7.44. The van der Waals surface area contributed by atoms with Crippen molar-refractivity contribution in [1.82, 2.24) is 19.9 Å². The minimum atomic E-state index is -1.34. The van der Waals surface area contributed by atoms with Crippen LogP contribution in [0.15, 0.2) is 96.3 Å². The van der Waals surface area contributed by atoms with E-state index in [9.17, 15) is 4.21 Å². The van der Waals surface area contributed by atoms with E-state index in [1.165, 1.54) is 16.7 Å². The van der Waals surface area contributed by atoms with Gasteiger partial charge in [-0.15, -0.1) is 0 Å². The number of ether oxygens (including phenoxy) is 1. The Hall–Kier alpha value is -3.81. The lowest BCUT2D eigenvalue weighted by atomic mass is 9.94. The maximum absolute atomic E-state index is 13.1. The molecule has 0 saturated carbocycles. The van der Waals surface area contributed by atoms with Crippen molar-refractivity contribution in [1.29, 1.82) is 0 Å². The first-order chi connectivity index (χ1) is 18.6. The summed E-state index contributed by atoms with van der Waals surface area (Å²) in [4.78, 5) is 14.7. The number of para-hydroxylation sites is 2. The van der Waals surface area contributed by atoms with Gasteiger partial charge in [0.05, 0.1) is 33.3 Å². The molecule has 0 fully saturated rings. The summed E-state index contributed by atoms with van der Waals surface area (Å²) >= 11 is 0. The fourth-order valence-electron chi connectivity index (χ4n) is 5.09. The molecule has 2 atom stereocenters. The van der Waals surface area contributed by atoms with E-state index in [4.69, 9.17) is 4.74 Å². The smallest absolute Gasteiger partial charge is 0.197 e. The van der Waals surface area contributed by atoms with Crippen LogP contribution < -0.4 is 4.74 Å². The maximum atomic E-state index is 13.1. The highest BCUT2D eigenvalue weighted by Gasteiger charge is 2.27. The quantitative estimate of drug-likeness (QED) is 0.288. The first-order valence-electron chi connectivity index (χ1n) is 12.9. The Labute approximate surface area is 225 Å². The van der Waals surface area contributed by atoms with Crippen LogP contribution in [0.5, 0.6) is 5.75 Å². The highest BCUT2D eigenvalue weighted by molar-refractivity contribution is 7.84. The second-order valence-electron chi connectivity index (χ2n) is 9.76. The van der Waals surface area contributed by atoms with Crippen LogP contribution >= 0.6 is 0 Å². The molecule has 38 heavy (non-hydrogen) atoms. The van der Waals surface area contributed by atoms with Gasteiger partial charge in [-0.25, -0.2) is 4.98 Å². The van der Waals surface area contributed by atoms with Crippen LogP contribution in [0.25, 0.3) is 11.0 Å². The molecule has 2 unspecified atom stereocenters. The third kappa shape index (κ3) is 5.26. The predicted octanol–water partition coefficient (Wildman–Crippen LogP) is 5.58. The van der Waals surface area contributed by atoms with Gasteiger partial charge in [0, 0.05) is 30.9 Å². The highest BCUT2D eigenvalue weighted by Crippen LogP contribution is 2.27. The lowest BCUT2D eigenvalue weighted by Crippen LogP contribution is -2.43. The van der Waals surface area contributed by atoms with E-state index in [0.29, 0.717) is 11.8 Å². The van der Waals surface area contributed by atoms with Crippen LogP contribution in [0.4, 0.5) is 0 Å². The molecular weight excluding hydrogens is 492 g/mol. The molecule has 192 valence electrons. The van der Waals surface area contributed by atoms with Crippen molar-refractivity contribution in [2.24, 2.45) is 0 Å². The molecule has 1 N–H and O–H groups in total. The molecule has 2 aromatic heterocycles. The van der Waals surface area contributed by atoms with E-state index in [2.05, 4.69) is 74.4 Å². The molecule has 6 nitrogen and oxygen atoms in total. The van der Waals surface area contributed by atoms with Crippen LogP contribution in [0.1, 0.15) is 27.9 Å². The molecule has 3 heterocycles. The van der Waals surface area contributed by atoms with Crippen molar-refractivity contribution in [2.75, 3.05) is 6.61 Å². The molecule has 0 spiro atoms. The fourth-order valence-corrected chi connectivity index (χ4v) is 6.19. The monoisotopic (exact) mass is 522 g/mol. The van der Waals surface area contributed by atoms with E-state index in [0.717, 1.165) is 47.6 Å². The van der Waals surface area contributed by atoms with E-state index >= 15 is 0 Å². The number of pyridine rings is 1. The molecule has 0 saturated heterocycles. The molecule has 1 aliphatic rings. The maximum Gasteiger partial charge on any atom is 0.197 e. The van der Waals surface area contributed by atoms with Gasteiger partial charge in [0.2, 0.25) is 0 Å². The van der Waals surface area contributed by atoms with Crippen LogP contribution in [-0.2, 0) is 36.1 Å². The van der Waals surface area contributed by atoms with Gasteiger partial charge >= 0.3 is 0 Å². The molecule has 6 rings (SSSR count). The number of imidazole rings is 1. The zero-order valence-electron chi connectivity index (χ0n) is 21.3. The van der Waals surface area contributed by atoms with Crippen molar-refractivity contribution in [3.63, 3.8) is 0 Å². The summed E-state index contributed by atoms with van der Waals surface area (Å²) in [5.74, 6) is 1.06. The van der Waals surface area contributed by atoms with Gasteiger partial charge in [-0.05, 0) is 48.2 Å². The van der Waals surface area contributed by atoms with Gasteiger partial charge in [0.25, 0.3) is 0 Å². The van der Waals surface area contributed by atoms with Crippen LogP contribution in [0.2, 0.25) is 0 Å². The lowest BCUT2D eigenvalue weighted by molar-refractivity contribution is 0.109. The summed E-state index contributed by atoms with van der Waals surface area (Å²) in [6, 6.07) is 29.1. The predicted molar refractivity (Wildman–Crippen MR) is 150 cm³/mol. The van der Waals surface area contributed by atoms with Crippen molar-refractivity contribution in [3.05, 3.63) is 119 Å². The van der Waals surface area contributed by atoms with Gasteiger partial charge in [-0.1, -0.05) is 66.7 Å². The molecule has 0 amide bonds. The summed E-state index contributed by atoms with van der Waals surface area (Å²) in [6.45, 7) is 4.33. The molecule has 7 heteroatoms. The number of hydrogen-bond donors (Lipinski definition) is 1. The summed E-state index contributed by atoms with van der Waals surface area (Å²) in [5, 5.41) is 0.469. The Bertz CT molecular complexity index is 1550. The Morgan fingerprint density at radius 3 is 2.58 bits per heavy atom. The topological polar surface area (TPSA) is 71.1 Å². The molecule has 5 aromatic rings. The zero-order valence-corrected chi connectivity index (χ0v) is 22.2. The Balaban J connectivity index is 1.18. The van der Waals surface area contributed by atoms with Gasteiger partial charge in [-0.3, -0.25) is 14.1 Å². The second-order valence-corrected chi connectivity index (χ2v) is 11.1. The number of fused-ring (bicyclic) bond motifs is 2. The average Bonchev–Trinajstić information content (AvgIpc) is 3.39. The molecule has 0 radical (unpaired) electrons. The van der Waals surface area contributed by atoms with E-state index in [1.807, 2.05) is 37.3 Å². The first-order valence-corrected chi connectivity index (χ1v) is 14.2. The number of hydrogen-bond acceptors (Lipinski definition) is 5. The standard InChI is InChI=1S/C31H30N4O2S/c1-22-29(21-38(36)31-33-27-13-7-8-14-28(27)34-31)32-16-15-30(22)37-20-26-17-24-11-5-6-12-25(24)19-35(26)18-23-9-3-2-4-10-23/h2-16,26H,17-21H2,1H3,(H,33,34). The summed E-state index contributed by atoms with van der Waals surface area (Å²) in [6.07, 6.45) is 2.68.